The molecule has 3 aromatic rings. The van der Waals surface area contributed by atoms with Crippen molar-refractivity contribution >= 4 is 16.7 Å². The van der Waals surface area contributed by atoms with E-state index in [1.165, 1.54) is 0 Å². The van der Waals surface area contributed by atoms with E-state index in [9.17, 15) is 4.79 Å². The standard InChI is InChI=1S/C23H24N2O2/c1-2-3-11-20-16-25(15-19-10-6-7-12-22(19)27-20)23(26)21-13-17-8-4-5-9-18(17)14-24-21/h4-10,12-14,20H,2-3,11,15-16H2,1H3. The number of ether oxygens (including phenoxy) is 1. The number of pyridine rings is 1. The summed E-state index contributed by atoms with van der Waals surface area (Å²) in [5.41, 5.74) is 1.54. The van der Waals surface area contributed by atoms with E-state index in [0.29, 0.717) is 18.8 Å². The molecule has 0 fully saturated rings. The fraction of sp³-hybridized carbons (Fsp3) is 0.304. The van der Waals surface area contributed by atoms with Crippen LogP contribution < -0.4 is 4.74 Å². The first-order valence-corrected chi connectivity index (χ1v) is 9.63. The Morgan fingerprint density at radius 1 is 1.15 bits per heavy atom. The third-order valence-corrected chi connectivity index (χ3v) is 5.07. The van der Waals surface area contributed by atoms with Gasteiger partial charge in [-0.25, -0.2) is 0 Å². The van der Waals surface area contributed by atoms with E-state index in [1.54, 1.807) is 6.20 Å². The summed E-state index contributed by atoms with van der Waals surface area (Å²) in [7, 11) is 0. The molecule has 4 heteroatoms. The molecule has 1 amide bonds. The summed E-state index contributed by atoms with van der Waals surface area (Å²) in [6, 6.07) is 17.9. The number of benzene rings is 2. The molecule has 2 aromatic carbocycles. The molecule has 4 rings (SSSR count). The molecule has 1 aromatic heterocycles. The van der Waals surface area contributed by atoms with Gasteiger partial charge in [0.05, 0.1) is 6.54 Å². The highest BCUT2D eigenvalue weighted by Gasteiger charge is 2.27. The number of fused-ring (bicyclic) bond motifs is 2. The molecule has 27 heavy (non-hydrogen) atoms. The van der Waals surface area contributed by atoms with Gasteiger partial charge in [-0.15, -0.1) is 0 Å². The van der Waals surface area contributed by atoms with Crippen LogP contribution in [0.4, 0.5) is 0 Å². The normalized spacial score (nSPS) is 16.5. The molecule has 1 aliphatic rings. The predicted molar refractivity (Wildman–Crippen MR) is 107 cm³/mol. The smallest absolute Gasteiger partial charge is 0.272 e. The van der Waals surface area contributed by atoms with E-state index in [1.807, 2.05) is 59.5 Å². The van der Waals surface area contributed by atoms with Gasteiger partial charge in [0.1, 0.15) is 17.5 Å². The van der Waals surface area contributed by atoms with Crippen LogP contribution in [0.3, 0.4) is 0 Å². The first-order valence-electron chi connectivity index (χ1n) is 9.63. The lowest BCUT2D eigenvalue weighted by Crippen LogP contribution is -2.37. The molecule has 1 unspecified atom stereocenters. The molecule has 0 saturated heterocycles. The third kappa shape index (κ3) is 3.80. The van der Waals surface area contributed by atoms with Crippen LogP contribution in [0.25, 0.3) is 10.8 Å². The number of hydrogen-bond donors (Lipinski definition) is 0. The number of unbranched alkanes of at least 4 members (excludes halogenated alkanes) is 1. The van der Waals surface area contributed by atoms with Gasteiger partial charge < -0.3 is 9.64 Å². The van der Waals surface area contributed by atoms with Gasteiger partial charge in [0.2, 0.25) is 0 Å². The molecule has 0 N–H and O–H groups in total. The maximum atomic E-state index is 13.2. The average molecular weight is 360 g/mol. The number of hydrogen-bond acceptors (Lipinski definition) is 3. The maximum absolute atomic E-state index is 13.2. The lowest BCUT2D eigenvalue weighted by atomic mass is 10.1. The van der Waals surface area contributed by atoms with Crippen LogP contribution in [-0.4, -0.2) is 28.4 Å². The van der Waals surface area contributed by atoms with Crippen molar-refractivity contribution in [1.29, 1.82) is 0 Å². The molecular formula is C23H24N2O2. The minimum absolute atomic E-state index is 0.0120. The van der Waals surface area contributed by atoms with Crippen molar-refractivity contribution in [2.24, 2.45) is 0 Å². The van der Waals surface area contributed by atoms with Crippen LogP contribution in [0.2, 0.25) is 0 Å². The van der Waals surface area contributed by atoms with Crippen molar-refractivity contribution in [1.82, 2.24) is 9.88 Å². The highest BCUT2D eigenvalue weighted by Crippen LogP contribution is 2.27. The Morgan fingerprint density at radius 3 is 2.78 bits per heavy atom. The van der Waals surface area contributed by atoms with E-state index < -0.39 is 0 Å². The minimum atomic E-state index is -0.0393. The van der Waals surface area contributed by atoms with E-state index in [2.05, 4.69) is 11.9 Å². The van der Waals surface area contributed by atoms with Gasteiger partial charge in [0, 0.05) is 23.7 Å². The van der Waals surface area contributed by atoms with E-state index in [-0.39, 0.29) is 12.0 Å². The van der Waals surface area contributed by atoms with E-state index in [0.717, 1.165) is 41.3 Å². The second-order valence-electron chi connectivity index (χ2n) is 7.09. The fourth-order valence-electron chi connectivity index (χ4n) is 3.58. The van der Waals surface area contributed by atoms with Crippen molar-refractivity contribution in [3.8, 4) is 5.75 Å². The predicted octanol–water partition coefficient (Wildman–Crippen LogP) is 4.83. The maximum Gasteiger partial charge on any atom is 0.272 e. The van der Waals surface area contributed by atoms with Crippen LogP contribution in [-0.2, 0) is 6.54 Å². The van der Waals surface area contributed by atoms with Crippen molar-refractivity contribution in [3.05, 3.63) is 72.1 Å². The number of rotatable bonds is 4. The van der Waals surface area contributed by atoms with Crippen molar-refractivity contribution in [2.75, 3.05) is 6.54 Å². The topological polar surface area (TPSA) is 42.4 Å². The van der Waals surface area contributed by atoms with Crippen LogP contribution >= 0.6 is 0 Å². The third-order valence-electron chi connectivity index (χ3n) is 5.07. The summed E-state index contributed by atoms with van der Waals surface area (Å²) in [6.45, 7) is 3.31. The number of para-hydroxylation sites is 1. The average Bonchev–Trinajstić information content (AvgIpc) is 2.90. The van der Waals surface area contributed by atoms with Crippen molar-refractivity contribution < 1.29 is 9.53 Å². The Labute approximate surface area is 159 Å². The molecule has 138 valence electrons. The van der Waals surface area contributed by atoms with Gasteiger partial charge in [-0.05, 0) is 30.4 Å². The summed E-state index contributed by atoms with van der Waals surface area (Å²) in [4.78, 5) is 19.5. The second-order valence-corrected chi connectivity index (χ2v) is 7.09. The molecule has 0 bridgehead atoms. The van der Waals surface area contributed by atoms with E-state index in [4.69, 9.17) is 4.74 Å². The lowest BCUT2D eigenvalue weighted by Gasteiger charge is -2.24. The van der Waals surface area contributed by atoms with Gasteiger partial charge in [0.15, 0.2) is 0 Å². The first-order chi connectivity index (χ1) is 13.2. The van der Waals surface area contributed by atoms with Gasteiger partial charge >= 0.3 is 0 Å². The Balaban J connectivity index is 1.64. The summed E-state index contributed by atoms with van der Waals surface area (Å²) < 4.78 is 6.23. The quantitative estimate of drug-likeness (QED) is 0.669. The molecule has 0 aliphatic carbocycles. The Kier molecular flexibility index (Phi) is 5.05. The summed E-state index contributed by atoms with van der Waals surface area (Å²) >= 11 is 0. The Bertz CT molecular complexity index is 954. The molecule has 1 atom stereocenters. The number of amides is 1. The largest absolute Gasteiger partial charge is 0.488 e. The zero-order valence-electron chi connectivity index (χ0n) is 15.6. The first kappa shape index (κ1) is 17.5. The van der Waals surface area contributed by atoms with Gasteiger partial charge in [-0.1, -0.05) is 55.8 Å². The Morgan fingerprint density at radius 2 is 1.93 bits per heavy atom. The summed E-state index contributed by atoms with van der Waals surface area (Å²) in [5.74, 6) is 0.850. The molecule has 0 radical (unpaired) electrons. The van der Waals surface area contributed by atoms with Crippen molar-refractivity contribution in [2.45, 2.75) is 38.8 Å². The minimum Gasteiger partial charge on any atom is -0.488 e. The van der Waals surface area contributed by atoms with Crippen LogP contribution in [0.5, 0.6) is 5.75 Å². The highest BCUT2D eigenvalue weighted by atomic mass is 16.5. The Hall–Kier alpha value is -2.88. The van der Waals surface area contributed by atoms with Crippen LogP contribution in [0.1, 0.15) is 42.2 Å². The SMILES string of the molecule is CCCCC1CN(C(=O)c2cc3ccccc3cn2)Cc2ccccc2O1. The molecule has 1 aliphatic heterocycles. The zero-order chi connectivity index (χ0) is 18.6. The fourth-order valence-corrected chi connectivity index (χ4v) is 3.58. The van der Waals surface area contributed by atoms with E-state index >= 15 is 0 Å². The number of carbonyl (C=O) groups excluding carboxylic acids is 1. The second kappa shape index (κ2) is 7.78. The van der Waals surface area contributed by atoms with Gasteiger partial charge in [-0.3, -0.25) is 9.78 Å². The van der Waals surface area contributed by atoms with Crippen molar-refractivity contribution in [3.63, 3.8) is 0 Å². The molecule has 2 heterocycles. The number of carbonyl (C=O) groups is 1. The van der Waals surface area contributed by atoms with Crippen LogP contribution in [0.15, 0.2) is 60.8 Å². The van der Waals surface area contributed by atoms with Crippen LogP contribution in [0, 0.1) is 0 Å². The van der Waals surface area contributed by atoms with Gasteiger partial charge in [-0.2, -0.15) is 0 Å². The molecule has 0 saturated carbocycles. The van der Waals surface area contributed by atoms with Gasteiger partial charge in [0.25, 0.3) is 5.91 Å². The summed E-state index contributed by atoms with van der Waals surface area (Å²) in [6.07, 6.45) is 4.93. The monoisotopic (exact) mass is 360 g/mol. The number of nitrogens with zero attached hydrogens (tertiary/aromatic N) is 2. The zero-order valence-corrected chi connectivity index (χ0v) is 15.6. The summed E-state index contributed by atoms with van der Waals surface area (Å²) in [5, 5.41) is 2.07. The lowest BCUT2D eigenvalue weighted by molar-refractivity contribution is 0.0662. The molecule has 4 nitrogen and oxygen atoms in total. The molecule has 0 spiro atoms. The number of aromatic nitrogens is 1. The highest BCUT2D eigenvalue weighted by molar-refractivity contribution is 5.96. The molecular weight excluding hydrogens is 336 g/mol.